The quantitative estimate of drug-likeness (QED) is 0.301. The van der Waals surface area contributed by atoms with Crippen LogP contribution < -0.4 is 5.32 Å². The van der Waals surface area contributed by atoms with Gasteiger partial charge in [-0.3, -0.25) is 4.79 Å². The van der Waals surface area contributed by atoms with Gasteiger partial charge in [-0.1, -0.05) is 72.3 Å². The molecule has 1 N–H and O–H groups in total. The van der Waals surface area contributed by atoms with Crippen LogP contribution in [-0.2, 0) is 17.8 Å². The number of piperidine rings is 1. The summed E-state index contributed by atoms with van der Waals surface area (Å²) in [5, 5.41) is 12.2. The van der Waals surface area contributed by atoms with Crippen LogP contribution in [0.2, 0.25) is 0 Å². The second-order valence-corrected chi connectivity index (χ2v) is 10.8. The lowest BCUT2D eigenvalue weighted by molar-refractivity contribution is -0.126. The first-order valence-electron chi connectivity index (χ1n) is 14.2. The highest BCUT2D eigenvalue weighted by Gasteiger charge is 2.28. The van der Waals surface area contributed by atoms with Gasteiger partial charge < -0.3 is 14.8 Å². The maximum absolute atomic E-state index is 13.2. The molecule has 0 spiro atoms. The smallest absolute Gasteiger partial charge is 0.224 e. The van der Waals surface area contributed by atoms with Gasteiger partial charge >= 0.3 is 0 Å². The number of aromatic nitrogens is 2. The van der Waals surface area contributed by atoms with Crippen molar-refractivity contribution in [1.29, 1.82) is 5.26 Å². The predicted molar refractivity (Wildman–Crippen MR) is 158 cm³/mol. The minimum atomic E-state index is 0.00578. The van der Waals surface area contributed by atoms with E-state index < -0.39 is 0 Å². The molecule has 0 saturated carbocycles. The Labute approximate surface area is 237 Å². The molecule has 6 nitrogen and oxygen atoms in total. The fourth-order valence-corrected chi connectivity index (χ4v) is 5.71. The molecule has 204 valence electrons. The Morgan fingerprint density at radius 1 is 1.07 bits per heavy atom. The number of amides is 1. The summed E-state index contributed by atoms with van der Waals surface area (Å²) in [6, 6.07) is 29.3. The molecular formula is C34H37N5O. The number of carbonyl (C=O) groups excluding carboxylic acids is 1. The average molecular weight is 532 g/mol. The molecule has 6 heteroatoms. The number of likely N-dealkylation sites (tertiary alicyclic amines) is 1. The lowest BCUT2D eigenvalue weighted by Crippen LogP contribution is -2.44. The van der Waals surface area contributed by atoms with E-state index in [9.17, 15) is 4.79 Å². The number of nitriles is 1. The van der Waals surface area contributed by atoms with Crippen molar-refractivity contribution in [2.45, 2.75) is 38.6 Å². The number of carbonyl (C=O) groups is 1. The van der Waals surface area contributed by atoms with E-state index in [0.717, 1.165) is 50.2 Å². The van der Waals surface area contributed by atoms with Crippen LogP contribution >= 0.6 is 0 Å². The van der Waals surface area contributed by atoms with Crippen LogP contribution in [0.3, 0.4) is 0 Å². The third-order valence-corrected chi connectivity index (χ3v) is 7.88. The summed E-state index contributed by atoms with van der Waals surface area (Å²) in [7, 11) is 0. The molecule has 2 unspecified atom stereocenters. The van der Waals surface area contributed by atoms with Crippen LogP contribution in [0.15, 0.2) is 91.4 Å². The number of hydrogen-bond acceptors (Lipinski definition) is 4. The van der Waals surface area contributed by atoms with Crippen molar-refractivity contribution in [3.63, 3.8) is 0 Å². The van der Waals surface area contributed by atoms with Gasteiger partial charge in [0.2, 0.25) is 5.91 Å². The molecule has 3 aromatic carbocycles. The summed E-state index contributed by atoms with van der Waals surface area (Å²) in [5.74, 6) is 0.431. The van der Waals surface area contributed by atoms with Crippen LogP contribution in [0.4, 0.5) is 0 Å². The Hall–Kier alpha value is -4.21. The fraction of sp³-hybridized carbons (Fsp3) is 0.324. The highest BCUT2D eigenvalue weighted by Crippen LogP contribution is 2.28. The van der Waals surface area contributed by atoms with Gasteiger partial charge in [0, 0.05) is 50.4 Å². The van der Waals surface area contributed by atoms with Crippen LogP contribution in [0, 0.1) is 24.2 Å². The molecule has 2 atom stereocenters. The summed E-state index contributed by atoms with van der Waals surface area (Å²) in [6.07, 6.45) is 6.38. The highest BCUT2D eigenvalue weighted by molar-refractivity contribution is 5.79. The third kappa shape index (κ3) is 7.05. The molecular weight excluding hydrogens is 494 g/mol. The number of aryl methyl sites for hydroxylation is 1. The molecule has 5 rings (SSSR count). The molecule has 1 fully saturated rings. The van der Waals surface area contributed by atoms with E-state index in [-0.39, 0.29) is 17.7 Å². The van der Waals surface area contributed by atoms with Gasteiger partial charge in [0.1, 0.15) is 0 Å². The molecule has 40 heavy (non-hydrogen) atoms. The highest BCUT2D eigenvalue weighted by atomic mass is 16.1. The molecule has 2 heterocycles. The maximum atomic E-state index is 13.2. The van der Waals surface area contributed by atoms with E-state index in [1.807, 2.05) is 36.8 Å². The van der Waals surface area contributed by atoms with Gasteiger partial charge in [-0.25, -0.2) is 4.98 Å². The standard InChI is InChI=1S/C34H37N5O/c1-26-7-5-10-30(19-26)33(29-8-3-2-4-9-29)24-38-18-6-11-31(23-38)34(40)37-17-16-32-21-36-25-39(32)22-28-14-12-27(20-35)13-15-28/h2-5,7-10,12-15,19,21,25,31,33H,6,11,16-18,22-24H2,1H3,(H,37,40). The van der Waals surface area contributed by atoms with E-state index >= 15 is 0 Å². The van der Waals surface area contributed by atoms with E-state index in [0.29, 0.717) is 18.7 Å². The Kier molecular flexibility index (Phi) is 9.05. The van der Waals surface area contributed by atoms with E-state index in [2.05, 4.69) is 87.4 Å². The minimum Gasteiger partial charge on any atom is -0.355 e. The topological polar surface area (TPSA) is 74.0 Å². The van der Waals surface area contributed by atoms with Crippen LogP contribution in [0.1, 0.15) is 52.3 Å². The first kappa shape index (κ1) is 27.4. The number of nitrogens with zero attached hydrogens (tertiary/aromatic N) is 4. The summed E-state index contributed by atoms with van der Waals surface area (Å²) in [4.78, 5) is 20.0. The zero-order chi connectivity index (χ0) is 27.7. The minimum absolute atomic E-state index is 0.00578. The third-order valence-electron chi connectivity index (χ3n) is 7.88. The van der Waals surface area contributed by atoms with Gasteiger partial charge in [0.25, 0.3) is 0 Å². The van der Waals surface area contributed by atoms with E-state index in [1.54, 1.807) is 0 Å². The predicted octanol–water partition coefficient (Wildman–Crippen LogP) is 5.31. The molecule has 1 amide bonds. The van der Waals surface area contributed by atoms with Crippen LogP contribution in [-0.4, -0.2) is 46.5 Å². The molecule has 1 aliphatic rings. The lowest BCUT2D eigenvalue weighted by atomic mass is 9.88. The molecule has 0 bridgehead atoms. The molecule has 0 aliphatic carbocycles. The van der Waals surface area contributed by atoms with Crippen molar-refractivity contribution in [1.82, 2.24) is 19.8 Å². The van der Waals surface area contributed by atoms with Crippen LogP contribution in [0.5, 0.6) is 0 Å². The molecule has 4 aromatic rings. The average Bonchev–Trinajstić information content (AvgIpc) is 3.43. The number of hydrogen-bond donors (Lipinski definition) is 1. The Morgan fingerprint density at radius 3 is 2.65 bits per heavy atom. The summed E-state index contributed by atoms with van der Waals surface area (Å²) in [5.41, 5.74) is 6.77. The van der Waals surface area contributed by atoms with Crippen molar-refractivity contribution in [2.75, 3.05) is 26.2 Å². The molecule has 1 aromatic heterocycles. The summed E-state index contributed by atoms with van der Waals surface area (Å²) >= 11 is 0. The first-order chi connectivity index (χ1) is 19.6. The number of nitrogens with one attached hydrogen (secondary N) is 1. The zero-order valence-electron chi connectivity index (χ0n) is 23.2. The van der Waals surface area contributed by atoms with Crippen LogP contribution in [0.25, 0.3) is 0 Å². The second kappa shape index (κ2) is 13.2. The number of imidazole rings is 1. The molecule has 0 radical (unpaired) electrons. The van der Waals surface area contributed by atoms with Gasteiger partial charge in [-0.05, 0) is 55.1 Å². The van der Waals surface area contributed by atoms with Crippen molar-refractivity contribution >= 4 is 5.91 Å². The normalized spacial score (nSPS) is 16.2. The SMILES string of the molecule is Cc1cccc(C(CN2CCCC(C(=O)NCCc3cncn3Cc3ccc(C#N)cc3)C2)c2ccccc2)c1. The zero-order valence-corrected chi connectivity index (χ0v) is 23.2. The van der Waals surface area contributed by atoms with Gasteiger partial charge in [0.15, 0.2) is 0 Å². The van der Waals surface area contributed by atoms with Gasteiger partial charge in [-0.2, -0.15) is 5.26 Å². The largest absolute Gasteiger partial charge is 0.355 e. The van der Waals surface area contributed by atoms with Crippen molar-refractivity contribution < 1.29 is 4.79 Å². The maximum Gasteiger partial charge on any atom is 0.224 e. The Morgan fingerprint density at radius 2 is 1.88 bits per heavy atom. The number of benzene rings is 3. The first-order valence-corrected chi connectivity index (χ1v) is 14.2. The summed E-state index contributed by atoms with van der Waals surface area (Å²) in [6.45, 7) is 6.14. The summed E-state index contributed by atoms with van der Waals surface area (Å²) < 4.78 is 2.10. The van der Waals surface area contributed by atoms with Crippen molar-refractivity contribution in [2.24, 2.45) is 5.92 Å². The second-order valence-electron chi connectivity index (χ2n) is 10.8. The van der Waals surface area contributed by atoms with Crippen molar-refractivity contribution in [3.8, 4) is 6.07 Å². The fourth-order valence-electron chi connectivity index (χ4n) is 5.71. The van der Waals surface area contributed by atoms with E-state index in [1.165, 1.54) is 16.7 Å². The molecule has 1 aliphatic heterocycles. The van der Waals surface area contributed by atoms with Gasteiger partial charge in [-0.15, -0.1) is 0 Å². The van der Waals surface area contributed by atoms with Gasteiger partial charge in [0.05, 0.1) is 23.9 Å². The Balaban J connectivity index is 1.16. The van der Waals surface area contributed by atoms with Crippen molar-refractivity contribution in [3.05, 3.63) is 125 Å². The molecule has 1 saturated heterocycles. The van der Waals surface area contributed by atoms with E-state index in [4.69, 9.17) is 5.26 Å². The number of rotatable bonds is 10. The monoisotopic (exact) mass is 531 g/mol. The Bertz CT molecular complexity index is 1440. The lowest BCUT2D eigenvalue weighted by Gasteiger charge is -2.35.